The van der Waals surface area contributed by atoms with Gasteiger partial charge in [0.15, 0.2) is 0 Å². The lowest BCUT2D eigenvalue weighted by molar-refractivity contribution is -0.146. The molecule has 0 aromatic heterocycles. The van der Waals surface area contributed by atoms with Crippen molar-refractivity contribution in [3.8, 4) is 0 Å². The van der Waals surface area contributed by atoms with Crippen LogP contribution in [0.2, 0.25) is 0 Å². The van der Waals surface area contributed by atoms with E-state index in [0.717, 1.165) is 12.8 Å². The molecule has 0 radical (unpaired) electrons. The van der Waals surface area contributed by atoms with Crippen molar-refractivity contribution < 1.29 is 4.79 Å². The molecule has 0 unspecified atom stereocenters. The second-order valence-corrected chi connectivity index (χ2v) is 5.70. The first-order valence-corrected chi connectivity index (χ1v) is 5.35. The first-order valence-electron chi connectivity index (χ1n) is 5.35. The predicted octanol–water partition coefficient (Wildman–Crippen LogP) is 3.43. The summed E-state index contributed by atoms with van der Waals surface area (Å²) in [6.45, 7) is 10.6. The summed E-state index contributed by atoms with van der Waals surface area (Å²) in [5, 5.41) is 0. The summed E-state index contributed by atoms with van der Waals surface area (Å²) in [5.74, 6) is 0.672. The normalized spacial score (nSPS) is 21.4. The second kappa shape index (κ2) is 3.11. The number of carbonyl (C=O) groups is 1. The van der Waals surface area contributed by atoms with Gasteiger partial charge in [-0.15, -0.1) is 0 Å². The minimum atomic E-state index is 0.00116. The average Bonchev–Trinajstić information content (AvgIpc) is 1.80. The van der Waals surface area contributed by atoms with Gasteiger partial charge in [0.2, 0.25) is 0 Å². The summed E-state index contributed by atoms with van der Waals surface area (Å²) in [6, 6.07) is 0. The molecule has 0 N–H and O–H groups in total. The Kier molecular flexibility index (Phi) is 2.57. The van der Waals surface area contributed by atoms with Crippen LogP contribution in [0.4, 0.5) is 0 Å². The van der Waals surface area contributed by atoms with E-state index in [1.807, 2.05) is 13.8 Å². The first kappa shape index (κ1) is 10.7. The fourth-order valence-electron chi connectivity index (χ4n) is 2.45. The molecule has 0 aromatic rings. The number of hydrogen-bond donors (Lipinski definition) is 0. The van der Waals surface area contributed by atoms with Gasteiger partial charge < -0.3 is 0 Å². The van der Waals surface area contributed by atoms with Gasteiger partial charge in [-0.1, -0.05) is 41.0 Å². The van der Waals surface area contributed by atoms with E-state index in [9.17, 15) is 4.79 Å². The van der Waals surface area contributed by atoms with Crippen molar-refractivity contribution in [3.05, 3.63) is 0 Å². The lowest BCUT2D eigenvalue weighted by atomic mass is 9.52. The summed E-state index contributed by atoms with van der Waals surface area (Å²) < 4.78 is 0. The Hall–Kier alpha value is -0.330. The number of carbonyl (C=O) groups excluding carboxylic acids is 1. The topological polar surface area (TPSA) is 17.1 Å². The van der Waals surface area contributed by atoms with Gasteiger partial charge in [-0.05, 0) is 18.3 Å². The van der Waals surface area contributed by atoms with E-state index in [-0.39, 0.29) is 16.7 Å². The highest BCUT2D eigenvalue weighted by Crippen LogP contribution is 2.55. The number of hydrogen-bond acceptors (Lipinski definition) is 1. The minimum Gasteiger partial charge on any atom is -0.299 e. The van der Waals surface area contributed by atoms with Gasteiger partial charge in [0, 0.05) is 11.3 Å². The van der Waals surface area contributed by atoms with Gasteiger partial charge in [-0.2, -0.15) is 0 Å². The first-order chi connectivity index (χ1) is 5.81. The molecule has 0 aromatic carbocycles. The van der Waals surface area contributed by atoms with Crippen molar-refractivity contribution in [2.45, 2.75) is 53.9 Å². The summed E-state index contributed by atoms with van der Waals surface area (Å²) in [6.07, 6.45) is 3.44. The Balaban J connectivity index is 2.89. The van der Waals surface area contributed by atoms with Crippen molar-refractivity contribution in [1.29, 1.82) is 0 Å². The molecule has 1 heteroatoms. The third-order valence-corrected chi connectivity index (χ3v) is 3.64. The monoisotopic (exact) mass is 182 g/mol. The molecule has 1 aliphatic rings. The zero-order valence-corrected chi connectivity index (χ0v) is 9.61. The van der Waals surface area contributed by atoms with Gasteiger partial charge in [0.25, 0.3) is 0 Å². The van der Waals surface area contributed by atoms with Crippen molar-refractivity contribution in [3.63, 3.8) is 0 Å². The van der Waals surface area contributed by atoms with Crippen LogP contribution in [0.15, 0.2) is 0 Å². The molecule has 0 bridgehead atoms. The van der Waals surface area contributed by atoms with Crippen molar-refractivity contribution in [2.75, 3.05) is 0 Å². The highest BCUT2D eigenvalue weighted by atomic mass is 16.1. The molecular formula is C12H22O. The van der Waals surface area contributed by atoms with E-state index in [0.29, 0.717) is 5.78 Å². The zero-order chi connectivity index (χ0) is 10.3. The van der Waals surface area contributed by atoms with E-state index in [2.05, 4.69) is 20.8 Å². The predicted molar refractivity (Wildman–Crippen MR) is 55.6 cm³/mol. The fraction of sp³-hybridized carbons (Fsp3) is 0.917. The highest BCUT2D eigenvalue weighted by Gasteiger charge is 2.52. The number of ketones is 1. The van der Waals surface area contributed by atoms with E-state index in [1.54, 1.807) is 0 Å². The molecule has 1 aliphatic carbocycles. The van der Waals surface area contributed by atoms with E-state index in [4.69, 9.17) is 0 Å². The largest absolute Gasteiger partial charge is 0.299 e. The molecule has 0 heterocycles. The summed E-state index contributed by atoms with van der Waals surface area (Å²) >= 11 is 0. The van der Waals surface area contributed by atoms with Gasteiger partial charge in [0.1, 0.15) is 5.78 Å². The maximum absolute atomic E-state index is 12.1. The van der Waals surface area contributed by atoms with Crippen LogP contribution in [0.3, 0.4) is 0 Å². The van der Waals surface area contributed by atoms with Crippen molar-refractivity contribution >= 4 is 5.78 Å². The third kappa shape index (κ3) is 1.53. The van der Waals surface area contributed by atoms with Crippen molar-refractivity contribution in [2.24, 2.45) is 16.7 Å². The molecule has 0 spiro atoms. The van der Waals surface area contributed by atoms with Crippen molar-refractivity contribution in [1.82, 2.24) is 0 Å². The van der Waals surface area contributed by atoms with Crippen LogP contribution in [0.25, 0.3) is 0 Å². The summed E-state index contributed by atoms with van der Waals surface area (Å²) in [7, 11) is 0. The molecule has 0 aliphatic heterocycles. The summed E-state index contributed by atoms with van der Waals surface area (Å²) in [5.41, 5.74) is 0.147. The van der Waals surface area contributed by atoms with Crippen LogP contribution in [-0.2, 0) is 4.79 Å². The molecule has 0 amide bonds. The molecule has 0 atom stereocenters. The third-order valence-electron chi connectivity index (χ3n) is 3.64. The lowest BCUT2D eigenvalue weighted by Crippen LogP contribution is -2.49. The van der Waals surface area contributed by atoms with E-state index in [1.165, 1.54) is 6.42 Å². The molecular weight excluding hydrogens is 160 g/mol. The Labute approximate surface area is 81.9 Å². The molecule has 1 saturated carbocycles. The fourth-order valence-corrected chi connectivity index (χ4v) is 2.45. The molecule has 1 nitrogen and oxygen atoms in total. The maximum Gasteiger partial charge on any atom is 0.142 e. The highest BCUT2D eigenvalue weighted by molar-refractivity contribution is 5.88. The average molecular weight is 182 g/mol. The van der Waals surface area contributed by atoms with E-state index < -0.39 is 0 Å². The quantitative estimate of drug-likeness (QED) is 0.639. The van der Waals surface area contributed by atoms with Gasteiger partial charge in [-0.25, -0.2) is 0 Å². The maximum atomic E-state index is 12.1. The Morgan fingerprint density at radius 1 is 1.23 bits per heavy atom. The minimum absolute atomic E-state index is 0.00116. The SMILES string of the molecule is CC(C)C(=O)C1(C(C)(C)C)CCC1. The van der Waals surface area contributed by atoms with Gasteiger partial charge in [0.05, 0.1) is 0 Å². The second-order valence-electron chi connectivity index (χ2n) is 5.70. The van der Waals surface area contributed by atoms with Gasteiger partial charge in [-0.3, -0.25) is 4.79 Å². The smallest absolute Gasteiger partial charge is 0.142 e. The Bertz CT molecular complexity index is 204. The van der Waals surface area contributed by atoms with Crippen LogP contribution < -0.4 is 0 Å². The van der Waals surface area contributed by atoms with Crippen LogP contribution >= 0.6 is 0 Å². The lowest BCUT2D eigenvalue weighted by Gasteiger charge is -2.51. The standard InChI is InChI=1S/C12H22O/c1-9(2)10(13)12(7-6-8-12)11(3,4)5/h9H,6-8H2,1-5H3. The molecule has 0 saturated heterocycles. The Morgan fingerprint density at radius 2 is 1.69 bits per heavy atom. The van der Waals surface area contributed by atoms with Gasteiger partial charge >= 0.3 is 0 Å². The molecule has 13 heavy (non-hydrogen) atoms. The van der Waals surface area contributed by atoms with Crippen LogP contribution in [0, 0.1) is 16.7 Å². The molecule has 1 rings (SSSR count). The van der Waals surface area contributed by atoms with E-state index >= 15 is 0 Å². The molecule has 76 valence electrons. The van der Waals surface area contributed by atoms with Crippen LogP contribution in [0.1, 0.15) is 53.9 Å². The zero-order valence-electron chi connectivity index (χ0n) is 9.61. The number of rotatable bonds is 2. The Morgan fingerprint density at radius 3 is 1.77 bits per heavy atom. The summed E-state index contributed by atoms with van der Waals surface area (Å²) in [4.78, 5) is 12.1. The van der Waals surface area contributed by atoms with Crippen LogP contribution in [-0.4, -0.2) is 5.78 Å². The number of Topliss-reactive ketones (excluding diaryl/α,β-unsaturated/α-hetero) is 1. The van der Waals surface area contributed by atoms with Crippen LogP contribution in [0.5, 0.6) is 0 Å². The molecule has 1 fully saturated rings.